The van der Waals surface area contributed by atoms with E-state index in [1.165, 1.54) is 17.7 Å². The van der Waals surface area contributed by atoms with Crippen LogP contribution in [0.4, 0.5) is 17.6 Å². The number of carbonyl (C=O) groups is 1. The van der Waals surface area contributed by atoms with E-state index in [0.29, 0.717) is 38.2 Å². The van der Waals surface area contributed by atoms with Crippen molar-refractivity contribution in [3.8, 4) is 0 Å². The average molecular weight is 449 g/mol. The van der Waals surface area contributed by atoms with Gasteiger partial charge in [-0.25, -0.2) is 4.39 Å². The molecule has 1 amide bonds. The van der Waals surface area contributed by atoms with Crippen LogP contribution in [0.2, 0.25) is 0 Å². The standard InChI is InChI=1S/C25H28F4N2O/c1-24(2)16-31(23(32)13-17-7-9-18(10-8-17)25(27,28)29)22(15-30-12-11-19(26)14-30)20-5-3-4-6-21(20)24/h3-10,19,22H,11-16H2,1-2H3/t19-,22?/m0/s1. The third kappa shape index (κ3) is 4.68. The molecule has 2 aliphatic heterocycles. The van der Waals surface area contributed by atoms with Crippen LogP contribution in [0.15, 0.2) is 48.5 Å². The number of fused-ring (bicyclic) bond motifs is 1. The Balaban J connectivity index is 1.60. The SMILES string of the molecule is CC1(C)CN(C(=O)Cc2ccc(C(F)(F)F)cc2)C(CN2CC[C@H](F)C2)c2ccccc21. The largest absolute Gasteiger partial charge is 0.416 e. The topological polar surface area (TPSA) is 23.6 Å². The third-order valence-corrected chi connectivity index (χ3v) is 6.59. The predicted molar refractivity (Wildman–Crippen MR) is 115 cm³/mol. The van der Waals surface area contributed by atoms with Gasteiger partial charge in [0.15, 0.2) is 0 Å². The summed E-state index contributed by atoms with van der Waals surface area (Å²) in [5.74, 6) is -0.131. The number of alkyl halides is 4. The Morgan fingerprint density at radius 2 is 1.78 bits per heavy atom. The number of hydrogen-bond donors (Lipinski definition) is 0. The van der Waals surface area contributed by atoms with Crippen LogP contribution >= 0.6 is 0 Å². The second kappa shape index (κ2) is 8.50. The van der Waals surface area contributed by atoms with Gasteiger partial charge in [-0.1, -0.05) is 50.2 Å². The summed E-state index contributed by atoms with van der Waals surface area (Å²) >= 11 is 0. The first kappa shape index (κ1) is 22.8. The van der Waals surface area contributed by atoms with E-state index in [4.69, 9.17) is 0 Å². The first-order chi connectivity index (χ1) is 15.0. The molecule has 0 radical (unpaired) electrons. The zero-order valence-corrected chi connectivity index (χ0v) is 18.3. The molecule has 3 nitrogen and oxygen atoms in total. The summed E-state index contributed by atoms with van der Waals surface area (Å²) < 4.78 is 52.4. The Bertz CT molecular complexity index is 971. The first-order valence-electron chi connectivity index (χ1n) is 11.0. The number of halogens is 4. The van der Waals surface area contributed by atoms with Crippen molar-refractivity contribution in [2.24, 2.45) is 0 Å². The Labute approximate surface area is 186 Å². The molecule has 0 spiro atoms. The van der Waals surface area contributed by atoms with Gasteiger partial charge < -0.3 is 4.90 Å². The number of amides is 1. The molecule has 0 N–H and O–H groups in total. The number of benzene rings is 2. The van der Waals surface area contributed by atoms with Gasteiger partial charge in [-0.05, 0) is 35.2 Å². The van der Waals surface area contributed by atoms with Crippen molar-refractivity contribution >= 4 is 5.91 Å². The molecule has 7 heteroatoms. The molecule has 2 heterocycles. The summed E-state index contributed by atoms with van der Waals surface area (Å²) in [6.07, 6.45) is -4.72. The summed E-state index contributed by atoms with van der Waals surface area (Å²) in [5.41, 5.74) is 1.79. The van der Waals surface area contributed by atoms with Crippen LogP contribution in [0.1, 0.15) is 48.6 Å². The molecule has 1 fully saturated rings. The van der Waals surface area contributed by atoms with Crippen molar-refractivity contribution in [3.05, 3.63) is 70.8 Å². The number of nitrogens with zero attached hydrogens (tertiary/aromatic N) is 2. The molecule has 2 aliphatic rings. The smallest absolute Gasteiger partial charge is 0.333 e. The second-order valence-corrected chi connectivity index (χ2v) is 9.53. The fraction of sp³-hybridized carbons (Fsp3) is 0.480. The zero-order chi connectivity index (χ0) is 23.1. The fourth-order valence-electron chi connectivity index (χ4n) is 4.94. The van der Waals surface area contributed by atoms with Gasteiger partial charge in [0.2, 0.25) is 5.91 Å². The van der Waals surface area contributed by atoms with Crippen molar-refractivity contribution in [1.82, 2.24) is 9.80 Å². The van der Waals surface area contributed by atoms with Gasteiger partial charge in [-0.2, -0.15) is 13.2 Å². The minimum absolute atomic E-state index is 0.0264. The molecule has 0 aromatic heterocycles. The molecule has 0 saturated carbocycles. The minimum atomic E-state index is -4.40. The molecule has 2 aromatic rings. The van der Waals surface area contributed by atoms with Gasteiger partial charge in [-0.15, -0.1) is 0 Å². The predicted octanol–water partition coefficient (Wildman–Crippen LogP) is 5.15. The highest BCUT2D eigenvalue weighted by atomic mass is 19.4. The van der Waals surface area contributed by atoms with Crippen molar-refractivity contribution in [2.75, 3.05) is 26.2 Å². The molecule has 32 heavy (non-hydrogen) atoms. The quantitative estimate of drug-likeness (QED) is 0.604. The highest BCUT2D eigenvalue weighted by Gasteiger charge is 2.41. The van der Waals surface area contributed by atoms with Crippen LogP contribution in [-0.2, 0) is 22.8 Å². The number of rotatable bonds is 4. The molecule has 1 unspecified atom stereocenters. The van der Waals surface area contributed by atoms with Crippen LogP contribution in [0.25, 0.3) is 0 Å². The fourth-order valence-corrected chi connectivity index (χ4v) is 4.94. The summed E-state index contributed by atoms with van der Waals surface area (Å²) in [6.45, 7) is 6.25. The van der Waals surface area contributed by atoms with E-state index in [1.54, 1.807) is 0 Å². The van der Waals surface area contributed by atoms with Gasteiger partial charge in [0.25, 0.3) is 0 Å². The molecule has 1 saturated heterocycles. The monoisotopic (exact) mass is 448 g/mol. The first-order valence-corrected chi connectivity index (χ1v) is 11.0. The van der Waals surface area contributed by atoms with E-state index < -0.39 is 17.9 Å². The minimum Gasteiger partial charge on any atom is -0.333 e. The van der Waals surface area contributed by atoms with Crippen LogP contribution in [-0.4, -0.2) is 48.1 Å². The zero-order valence-electron chi connectivity index (χ0n) is 18.3. The molecule has 0 bridgehead atoms. The highest BCUT2D eigenvalue weighted by molar-refractivity contribution is 5.80. The second-order valence-electron chi connectivity index (χ2n) is 9.53. The van der Waals surface area contributed by atoms with Gasteiger partial charge >= 0.3 is 6.18 Å². The summed E-state index contributed by atoms with van der Waals surface area (Å²) in [6, 6.07) is 12.6. The lowest BCUT2D eigenvalue weighted by molar-refractivity contribution is -0.137. The lowest BCUT2D eigenvalue weighted by Crippen LogP contribution is -2.51. The maximum absolute atomic E-state index is 13.8. The average Bonchev–Trinajstić information content (AvgIpc) is 3.14. The maximum atomic E-state index is 13.8. The van der Waals surface area contributed by atoms with E-state index in [0.717, 1.165) is 17.7 Å². The molecule has 0 aliphatic carbocycles. The van der Waals surface area contributed by atoms with E-state index in [9.17, 15) is 22.4 Å². The van der Waals surface area contributed by atoms with Gasteiger partial charge in [0, 0.05) is 31.6 Å². The van der Waals surface area contributed by atoms with Gasteiger partial charge in [0.1, 0.15) is 6.17 Å². The van der Waals surface area contributed by atoms with Crippen LogP contribution in [0.5, 0.6) is 0 Å². The van der Waals surface area contributed by atoms with E-state index in [1.807, 2.05) is 23.1 Å². The van der Waals surface area contributed by atoms with E-state index >= 15 is 0 Å². The number of likely N-dealkylation sites (tertiary alicyclic amines) is 1. The van der Waals surface area contributed by atoms with Crippen LogP contribution in [0, 0.1) is 0 Å². The summed E-state index contributed by atoms with van der Waals surface area (Å²) in [7, 11) is 0. The van der Waals surface area contributed by atoms with Crippen LogP contribution < -0.4 is 0 Å². The summed E-state index contributed by atoms with van der Waals surface area (Å²) in [4.78, 5) is 17.3. The Kier molecular flexibility index (Phi) is 6.05. The molecular formula is C25H28F4N2O. The molecule has 172 valence electrons. The van der Waals surface area contributed by atoms with E-state index in [2.05, 4.69) is 24.8 Å². The normalized spacial score (nSPS) is 23.2. The molecule has 2 atom stereocenters. The van der Waals surface area contributed by atoms with Crippen LogP contribution in [0.3, 0.4) is 0 Å². The summed E-state index contributed by atoms with van der Waals surface area (Å²) in [5, 5.41) is 0. The lowest BCUT2D eigenvalue weighted by atomic mass is 9.75. The van der Waals surface area contributed by atoms with Crippen molar-refractivity contribution in [2.45, 2.75) is 50.5 Å². The number of hydrogen-bond acceptors (Lipinski definition) is 2. The molecular weight excluding hydrogens is 420 g/mol. The van der Waals surface area contributed by atoms with Crippen molar-refractivity contribution in [3.63, 3.8) is 0 Å². The van der Waals surface area contributed by atoms with Gasteiger partial charge in [0.05, 0.1) is 18.0 Å². The Morgan fingerprint density at radius 3 is 2.41 bits per heavy atom. The molecule has 4 rings (SSSR count). The van der Waals surface area contributed by atoms with Crippen molar-refractivity contribution in [1.29, 1.82) is 0 Å². The van der Waals surface area contributed by atoms with Crippen molar-refractivity contribution < 1.29 is 22.4 Å². The Hall–Kier alpha value is -2.41. The third-order valence-electron chi connectivity index (χ3n) is 6.59. The highest BCUT2D eigenvalue weighted by Crippen LogP contribution is 2.40. The van der Waals surface area contributed by atoms with Gasteiger partial charge in [-0.3, -0.25) is 9.69 Å². The van der Waals surface area contributed by atoms with E-state index in [-0.39, 0.29) is 23.8 Å². The lowest BCUT2D eigenvalue weighted by Gasteiger charge is -2.46. The molecule has 2 aromatic carbocycles. The Morgan fingerprint density at radius 1 is 1.09 bits per heavy atom. The number of carbonyl (C=O) groups excluding carboxylic acids is 1. The maximum Gasteiger partial charge on any atom is 0.416 e.